The SMILES string of the molecule is CC(=N)C1(C(C)C)COC1. The molecule has 1 aliphatic heterocycles. The standard InChI is InChI=1S/C8H15NO/c1-6(2)8(7(3)9)4-10-5-8/h6,9H,4-5H2,1-3H3. The molecule has 0 bridgehead atoms. The van der Waals surface area contributed by atoms with Crippen molar-refractivity contribution in [2.24, 2.45) is 11.3 Å². The smallest absolute Gasteiger partial charge is 0.0599 e. The van der Waals surface area contributed by atoms with E-state index in [2.05, 4.69) is 13.8 Å². The molecule has 2 heteroatoms. The lowest BCUT2D eigenvalue weighted by atomic mass is 9.72. The lowest BCUT2D eigenvalue weighted by molar-refractivity contribution is -0.0939. The van der Waals surface area contributed by atoms with Crippen molar-refractivity contribution >= 4 is 5.71 Å². The van der Waals surface area contributed by atoms with Crippen LogP contribution in [0.2, 0.25) is 0 Å². The minimum Gasteiger partial charge on any atom is -0.379 e. The molecule has 0 unspecified atom stereocenters. The highest BCUT2D eigenvalue weighted by molar-refractivity contribution is 5.86. The van der Waals surface area contributed by atoms with Crippen molar-refractivity contribution in [1.82, 2.24) is 0 Å². The molecule has 0 amide bonds. The first kappa shape index (κ1) is 7.73. The molecule has 10 heavy (non-hydrogen) atoms. The molecule has 1 fully saturated rings. The summed E-state index contributed by atoms with van der Waals surface area (Å²) in [7, 11) is 0. The summed E-state index contributed by atoms with van der Waals surface area (Å²) < 4.78 is 5.12. The van der Waals surface area contributed by atoms with Gasteiger partial charge in [0.05, 0.1) is 18.6 Å². The Kier molecular flexibility index (Phi) is 1.82. The van der Waals surface area contributed by atoms with Gasteiger partial charge in [0.25, 0.3) is 0 Å². The van der Waals surface area contributed by atoms with E-state index in [0.29, 0.717) is 5.92 Å². The zero-order valence-corrected chi connectivity index (χ0v) is 6.90. The first-order valence-corrected chi connectivity index (χ1v) is 3.73. The van der Waals surface area contributed by atoms with E-state index < -0.39 is 0 Å². The number of hydrogen-bond donors (Lipinski definition) is 1. The fraction of sp³-hybridized carbons (Fsp3) is 0.875. The minimum absolute atomic E-state index is 0.0833. The lowest BCUT2D eigenvalue weighted by Gasteiger charge is -2.44. The summed E-state index contributed by atoms with van der Waals surface area (Å²) in [6.07, 6.45) is 0. The Morgan fingerprint density at radius 3 is 2.00 bits per heavy atom. The second kappa shape index (κ2) is 2.35. The molecule has 0 spiro atoms. The predicted octanol–water partition coefficient (Wildman–Crippen LogP) is 1.70. The highest BCUT2D eigenvalue weighted by Crippen LogP contribution is 2.36. The van der Waals surface area contributed by atoms with Crippen molar-refractivity contribution in [3.05, 3.63) is 0 Å². The van der Waals surface area contributed by atoms with Crippen LogP contribution in [0, 0.1) is 16.7 Å². The van der Waals surface area contributed by atoms with E-state index in [1.165, 1.54) is 0 Å². The molecule has 0 saturated carbocycles. The molecule has 0 radical (unpaired) electrons. The van der Waals surface area contributed by atoms with Crippen LogP contribution in [0.15, 0.2) is 0 Å². The Morgan fingerprint density at radius 1 is 1.50 bits per heavy atom. The topological polar surface area (TPSA) is 33.1 Å². The normalized spacial score (nSPS) is 22.4. The molecule has 1 rings (SSSR count). The van der Waals surface area contributed by atoms with Gasteiger partial charge in [-0.3, -0.25) is 0 Å². The maximum atomic E-state index is 7.55. The van der Waals surface area contributed by atoms with E-state index in [1.54, 1.807) is 0 Å². The van der Waals surface area contributed by atoms with Gasteiger partial charge >= 0.3 is 0 Å². The van der Waals surface area contributed by atoms with Gasteiger partial charge < -0.3 is 10.1 Å². The van der Waals surface area contributed by atoms with Gasteiger partial charge in [-0.2, -0.15) is 0 Å². The van der Waals surface area contributed by atoms with E-state index in [0.717, 1.165) is 18.9 Å². The van der Waals surface area contributed by atoms with Crippen molar-refractivity contribution in [3.63, 3.8) is 0 Å². The predicted molar refractivity (Wildman–Crippen MR) is 41.5 cm³/mol. The average molecular weight is 141 g/mol. The van der Waals surface area contributed by atoms with Crippen LogP contribution < -0.4 is 0 Å². The van der Waals surface area contributed by atoms with Gasteiger partial charge in [0, 0.05) is 5.71 Å². The number of ether oxygens (including phenoxy) is 1. The molecule has 0 aliphatic carbocycles. The molecule has 0 aromatic heterocycles. The summed E-state index contributed by atoms with van der Waals surface area (Å²) in [6, 6.07) is 0. The third-order valence-electron chi connectivity index (χ3n) is 2.57. The van der Waals surface area contributed by atoms with Crippen molar-refractivity contribution in [2.45, 2.75) is 20.8 Å². The first-order chi connectivity index (χ1) is 4.59. The van der Waals surface area contributed by atoms with Crippen LogP contribution >= 0.6 is 0 Å². The molecule has 1 saturated heterocycles. The Hall–Kier alpha value is -0.370. The van der Waals surface area contributed by atoms with E-state index in [9.17, 15) is 0 Å². The zero-order valence-electron chi connectivity index (χ0n) is 6.90. The van der Waals surface area contributed by atoms with Gasteiger partial charge in [0.2, 0.25) is 0 Å². The second-order valence-electron chi connectivity index (χ2n) is 3.43. The largest absolute Gasteiger partial charge is 0.379 e. The average Bonchev–Trinajstić information content (AvgIpc) is 1.57. The van der Waals surface area contributed by atoms with Crippen molar-refractivity contribution in [1.29, 1.82) is 5.41 Å². The van der Waals surface area contributed by atoms with E-state index in [4.69, 9.17) is 10.1 Å². The Morgan fingerprint density at radius 2 is 2.00 bits per heavy atom. The van der Waals surface area contributed by atoms with Gasteiger partial charge in [0.15, 0.2) is 0 Å². The Bertz CT molecular complexity index is 147. The number of nitrogens with one attached hydrogen (secondary N) is 1. The quantitative estimate of drug-likeness (QED) is 0.583. The second-order valence-corrected chi connectivity index (χ2v) is 3.43. The lowest BCUT2D eigenvalue weighted by Crippen LogP contribution is -2.51. The zero-order chi connectivity index (χ0) is 7.78. The summed E-state index contributed by atoms with van der Waals surface area (Å²) in [4.78, 5) is 0. The van der Waals surface area contributed by atoms with E-state index >= 15 is 0 Å². The van der Waals surface area contributed by atoms with Gasteiger partial charge in [-0.05, 0) is 12.8 Å². The fourth-order valence-electron chi connectivity index (χ4n) is 1.30. The van der Waals surface area contributed by atoms with Gasteiger partial charge in [-0.25, -0.2) is 0 Å². The summed E-state index contributed by atoms with van der Waals surface area (Å²) in [5.41, 5.74) is 0.855. The molecule has 58 valence electrons. The summed E-state index contributed by atoms with van der Waals surface area (Å²) in [5, 5.41) is 7.55. The van der Waals surface area contributed by atoms with Gasteiger partial charge in [0.1, 0.15) is 0 Å². The third-order valence-corrected chi connectivity index (χ3v) is 2.57. The van der Waals surface area contributed by atoms with Crippen molar-refractivity contribution in [2.75, 3.05) is 13.2 Å². The molecular weight excluding hydrogens is 126 g/mol. The Labute approximate surface area is 62.1 Å². The third kappa shape index (κ3) is 0.870. The molecule has 0 aromatic rings. The molecule has 1 aliphatic rings. The van der Waals surface area contributed by atoms with Crippen LogP contribution in [-0.2, 0) is 4.74 Å². The molecule has 0 aromatic carbocycles. The maximum Gasteiger partial charge on any atom is 0.0599 e. The first-order valence-electron chi connectivity index (χ1n) is 3.73. The van der Waals surface area contributed by atoms with E-state index in [1.807, 2.05) is 6.92 Å². The van der Waals surface area contributed by atoms with Crippen molar-refractivity contribution in [3.8, 4) is 0 Å². The molecule has 1 N–H and O–H groups in total. The van der Waals surface area contributed by atoms with Gasteiger partial charge in [-0.15, -0.1) is 0 Å². The van der Waals surface area contributed by atoms with Crippen LogP contribution in [0.25, 0.3) is 0 Å². The van der Waals surface area contributed by atoms with Crippen molar-refractivity contribution < 1.29 is 4.74 Å². The monoisotopic (exact) mass is 141 g/mol. The highest BCUT2D eigenvalue weighted by Gasteiger charge is 2.43. The fourth-order valence-corrected chi connectivity index (χ4v) is 1.30. The molecule has 0 atom stereocenters. The number of rotatable bonds is 2. The van der Waals surface area contributed by atoms with Crippen LogP contribution in [0.4, 0.5) is 0 Å². The Balaban J connectivity index is 2.68. The maximum absolute atomic E-state index is 7.55. The summed E-state index contributed by atoms with van der Waals surface area (Å²) >= 11 is 0. The molecule has 2 nitrogen and oxygen atoms in total. The van der Waals surface area contributed by atoms with Crippen LogP contribution in [0.1, 0.15) is 20.8 Å². The van der Waals surface area contributed by atoms with Gasteiger partial charge in [-0.1, -0.05) is 13.8 Å². The van der Waals surface area contributed by atoms with Crippen LogP contribution in [0.5, 0.6) is 0 Å². The van der Waals surface area contributed by atoms with E-state index in [-0.39, 0.29) is 5.41 Å². The molecule has 1 heterocycles. The summed E-state index contributed by atoms with van der Waals surface area (Å²) in [6.45, 7) is 7.68. The number of hydrogen-bond acceptors (Lipinski definition) is 2. The van der Waals surface area contributed by atoms with Crippen LogP contribution in [-0.4, -0.2) is 18.9 Å². The minimum atomic E-state index is 0.0833. The highest BCUT2D eigenvalue weighted by atomic mass is 16.5. The molecular formula is C8H15NO. The summed E-state index contributed by atoms with van der Waals surface area (Å²) in [5.74, 6) is 0.541. The van der Waals surface area contributed by atoms with Crippen LogP contribution in [0.3, 0.4) is 0 Å².